The molecule has 1 unspecified atom stereocenters. The standard InChI is InChI=1S/C15H22O4/c1-2-17-15-9-12(10-16)6-7-14(15)19-11-13-5-3-4-8-18-13/h6-7,9,13,16H,2-5,8,10-11H2,1H3. The third kappa shape index (κ3) is 4.11. The molecule has 0 spiro atoms. The number of ether oxygens (including phenoxy) is 3. The van der Waals surface area contributed by atoms with Crippen LogP contribution in [0, 0.1) is 0 Å². The van der Waals surface area contributed by atoms with Crippen LogP contribution in [0.2, 0.25) is 0 Å². The summed E-state index contributed by atoms with van der Waals surface area (Å²) in [6.07, 6.45) is 3.58. The number of benzene rings is 1. The van der Waals surface area contributed by atoms with Crippen molar-refractivity contribution in [2.75, 3.05) is 19.8 Å². The van der Waals surface area contributed by atoms with E-state index in [-0.39, 0.29) is 12.7 Å². The minimum atomic E-state index is 0.00604. The second-order valence-corrected chi connectivity index (χ2v) is 4.67. The van der Waals surface area contributed by atoms with E-state index in [1.807, 2.05) is 25.1 Å². The summed E-state index contributed by atoms with van der Waals surface area (Å²) >= 11 is 0. The van der Waals surface area contributed by atoms with Gasteiger partial charge in [0, 0.05) is 6.61 Å². The fourth-order valence-corrected chi connectivity index (χ4v) is 2.16. The number of rotatable bonds is 6. The molecule has 0 saturated carbocycles. The fourth-order valence-electron chi connectivity index (χ4n) is 2.16. The van der Waals surface area contributed by atoms with E-state index in [9.17, 15) is 0 Å². The first-order valence-electron chi connectivity index (χ1n) is 6.94. The molecule has 1 N–H and O–H groups in total. The van der Waals surface area contributed by atoms with Gasteiger partial charge in [0.2, 0.25) is 0 Å². The number of hydrogen-bond acceptors (Lipinski definition) is 4. The minimum absolute atomic E-state index is 0.00604. The lowest BCUT2D eigenvalue weighted by Gasteiger charge is -2.23. The molecule has 4 nitrogen and oxygen atoms in total. The lowest BCUT2D eigenvalue weighted by Crippen LogP contribution is -2.25. The van der Waals surface area contributed by atoms with Gasteiger partial charge in [0.05, 0.1) is 19.3 Å². The van der Waals surface area contributed by atoms with Crippen LogP contribution >= 0.6 is 0 Å². The molecule has 1 aromatic carbocycles. The molecule has 0 bridgehead atoms. The van der Waals surface area contributed by atoms with Gasteiger partial charge in [-0.2, -0.15) is 0 Å². The molecular weight excluding hydrogens is 244 g/mol. The predicted molar refractivity (Wildman–Crippen MR) is 72.6 cm³/mol. The van der Waals surface area contributed by atoms with E-state index in [0.29, 0.717) is 24.7 Å². The van der Waals surface area contributed by atoms with E-state index in [1.165, 1.54) is 6.42 Å². The summed E-state index contributed by atoms with van der Waals surface area (Å²) in [6, 6.07) is 5.51. The molecule has 0 aromatic heterocycles. The molecule has 1 aliphatic heterocycles. The molecule has 1 aromatic rings. The average molecular weight is 266 g/mol. The maximum Gasteiger partial charge on any atom is 0.161 e. The van der Waals surface area contributed by atoms with E-state index in [0.717, 1.165) is 25.0 Å². The highest BCUT2D eigenvalue weighted by Gasteiger charge is 2.15. The zero-order chi connectivity index (χ0) is 13.5. The summed E-state index contributed by atoms with van der Waals surface area (Å²) < 4.78 is 17.0. The fraction of sp³-hybridized carbons (Fsp3) is 0.600. The van der Waals surface area contributed by atoms with Gasteiger partial charge in [0.25, 0.3) is 0 Å². The number of aliphatic hydroxyl groups is 1. The maximum absolute atomic E-state index is 9.14. The van der Waals surface area contributed by atoms with Crippen molar-refractivity contribution >= 4 is 0 Å². The van der Waals surface area contributed by atoms with Crippen LogP contribution in [0.3, 0.4) is 0 Å². The summed E-state index contributed by atoms with van der Waals surface area (Å²) in [5.74, 6) is 1.40. The Morgan fingerprint density at radius 3 is 2.84 bits per heavy atom. The largest absolute Gasteiger partial charge is 0.490 e. The summed E-state index contributed by atoms with van der Waals surface area (Å²) in [6.45, 7) is 3.89. The topological polar surface area (TPSA) is 47.9 Å². The quantitative estimate of drug-likeness (QED) is 0.859. The molecule has 19 heavy (non-hydrogen) atoms. The number of aliphatic hydroxyl groups excluding tert-OH is 1. The van der Waals surface area contributed by atoms with Crippen LogP contribution in [-0.4, -0.2) is 31.0 Å². The van der Waals surface area contributed by atoms with Crippen molar-refractivity contribution in [3.05, 3.63) is 23.8 Å². The molecule has 106 valence electrons. The van der Waals surface area contributed by atoms with Crippen molar-refractivity contribution in [2.45, 2.75) is 38.9 Å². The highest BCUT2D eigenvalue weighted by atomic mass is 16.5. The first-order chi connectivity index (χ1) is 9.33. The molecule has 0 radical (unpaired) electrons. The third-order valence-corrected chi connectivity index (χ3v) is 3.19. The molecule has 1 heterocycles. The molecule has 2 rings (SSSR count). The van der Waals surface area contributed by atoms with Crippen LogP contribution in [0.25, 0.3) is 0 Å². The van der Waals surface area contributed by atoms with Crippen LogP contribution in [0.4, 0.5) is 0 Å². The van der Waals surface area contributed by atoms with Crippen molar-refractivity contribution in [2.24, 2.45) is 0 Å². The van der Waals surface area contributed by atoms with E-state index in [4.69, 9.17) is 19.3 Å². The van der Waals surface area contributed by atoms with Gasteiger partial charge in [-0.05, 0) is 43.9 Å². The van der Waals surface area contributed by atoms with Crippen LogP contribution in [0.5, 0.6) is 11.5 Å². The van der Waals surface area contributed by atoms with E-state index in [2.05, 4.69) is 0 Å². The highest BCUT2D eigenvalue weighted by molar-refractivity contribution is 5.42. The van der Waals surface area contributed by atoms with E-state index < -0.39 is 0 Å². The molecule has 1 aliphatic rings. The Morgan fingerprint density at radius 2 is 2.16 bits per heavy atom. The minimum Gasteiger partial charge on any atom is -0.490 e. The van der Waals surface area contributed by atoms with Gasteiger partial charge >= 0.3 is 0 Å². The lowest BCUT2D eigenvalue weighted by atomic mass is 10.1. The van der Waals surface area contributed by atoms with Crippen molar-refractivity contribution < 1.29 is 19.3 Å². The van der Waals surface area contributed by atoms with Gasteiger partial charge < -0.3 is 19.3 Å². The van der Waals surface area contributed by atoms with E-state index in [1.54, 1.807) is 0 Å². The molecule has 1 atom stereocenters. The Morgan fingerprint density at radius 1 is 1.26 bits per heavy atom. The first kappa shape index (κ1) is 14.2. The molecular formula is C15H22O4. The number of hydrogen-bond donors (Lipinski definition) is 1. The average Bonchev–Trinajstić information content (AvgIpc) is 2.47. The van der Waals surface area contributed by atoms with Gasteiger partial charge in [-0.3, -0.25) is 0 Å². The Labute approximate surface area is 114 Å². The van der Waals surface area contributed by atoms with Gasteiger partial charge in [-0.1, -0.05) is 6.07 Å². The normalized spacial score (nSPS) is 19.2. The highest BCUT2D eigenvalue weighted by Crippen LogP contribution is 2.29. The Kier molecular flexibility index (Phi) is 5.48. The summed E-state index contributed by atoms with van der Waals surface area (Å²) in [4.78, 5) is 0. The maximum atomic E-state index is 9.14. The van der Waals surface area contributed by atoms with Gasteiger partial charge in [0.15, 0.2) is 11.5 Å². The van der Waals surface area contributed by atoms with Crippen molar-refractivity contribution in [3.63, 3.8) is 0 Å². The van der Waals surface area contributed by atoms with Crippen molar-refractivity contribution in [1.29, 1.82) is 0 Å². The van der Waals surface area contributed by atoms with Gasteiger partial charge in [-0.15, -0.1) is 0 Å². The molecule has 1 fully saturated rings. The molecule has 0 amide bonds. The van der Waals surface area contributed by atoms with E-state index >= 15 is 0 Å². The zero-order valence-corrected chi connectivity index (χ0v) is 11.4. The predicted octanol–water partition coefficient (Wildman–Crippen LogP) is 2.53. The molecule has 1 saturated heterocycles. The Balaban J connectivity index is 1.97. The zero-order valence-electron chi connectivity index (χ0n) is 11.4. The monoisotopic (exact) mass is 266 g/mol. The van der Waals surface area contributed by atoms with Gasteiger partial charge in [0.1, 0.15) is 6.61 Å². The molecule has 0 aliphatic carbocycles. The SMILES string of the molecule is CCOc1cc(CO)ccc1OCC1CCCCO1. The van der Waals surface area contributed by atoms with Gasteiger partial charge in [-0.25, -0.2) is 0 Å². The van der Waals surface area contributed by atoms with Crippen LogP contribution < -0.4 is 9.47 Å². The Bertz CT molecular complexity index is 386. The smallest absolute Gasteiger partial charge is 0.161 e. The second kappa shape index (κ2) is 7.36. The summed E-state index contributed by atoms with van der Waals surface area (Å²) in [5.41, 5.74) is 0.824. The second-order valence-electron chi connectivity index (χ2n) is 4.67. The first-order valence-corrected chi connectivity index (χ1v) is 6.94. The third-order valence-electron chi connectivity index (χ3n) is 3.19. The molecule has 4 heteroatoms. The van der Waals surface area contributed by atoms with Crippen LogP contribution in [-0.2, 0) is 11.3 Å². The summed E-state index contributed by atoms with van der Waals surface area (Å²) in [5, 5.41) is 9.14. The Hall–Kier alpha value is -1.26. The van der Waals surface area contributed by atoms with Crippen LogP contribution in [0.15, 0.2) is 18.2 Å². The van der Waals surface area contributed by atoms with Crippen LogP contribution in [0.1, 0.15) is 31.7 Å². The van der Waals surface area contributed by atoms with Crippen molar-refractivity contribution in [1.82, 2.24) is 0 Å². The lowest BCUT2D eigenvalue weighted by molar-refractivity contribution is -0.0115. The summed E-state index contributed by atoms with van der Waals surface area (Å²) in [7, 11) is 0. The van der Waals surface area contributed by atoms with Crippen molar-refractivity contribution in [3.8, 4) is 11.5 Å².